The van der Waals surface area contributed by atoms with Crippen LogP contribution in [0.15, 0.2) is 30.3 Å². The summed E-state index contributed by atoms with van der Waals surface area (Å²) in [5, 5.41) is 25.7. The fraction of sp³-hybridized carbons (Fsp3) is 0.542. The first kappa shape index (κ1) is 22.5. The molecule has 0 radical (unpaired) electrons. The molecule has 2 aliphatic rings. The van der Waals surface area contributed by atoms with Gasteiger partial charge >= 0.3 is 0 Å². The van der Waals surface area contributed by atoms with Crippen molar-refractivity contribution in [2.45, 2.75) is 56.7 Å². The maximum Gasteiger partial charge on any atom is 0.220 e. The van der Waals surface area contributed by atoms with Crippen molar-refractivity contribution in [2.75, 3.05) is 32.2 Å². The summed E-state index contributed by atoms with van der Waals surface area (Å²) in [7, 11) is 3.69. The van der Waals surface area contributed by atoms with Crippen molar-refractivity contribution in [1.82, 2.24) is 20.8 Å². The molecule has 2 aromatic rings. The molecule has 2 fully saturated rings. The van der Waals surface area contributed by atoms with Crippen LogP contribution >= 0.6 is 0 Å². The zero-order chi connectivity index (χ0) is 22.9. The summed E-state index contributed by atoms with van der Waals surface area (Å²) in [6.07, 6.45) is 2.90. The number of nitrogens with zero attached hydrogens (tertiary/aromatic N) is 3. The number of anilines is 1. The lowest BCUT2D eigenvalue weighted by molar-refractivity contribution is -0.120. The van der Waals surface area contributed by atoms with Gasteiger partial charge in [-0.1, -0.05) is 6.07 Å². The third-order valence-corrected chi connectivity index (χ3v) is 6.63. The number of aromatic nitrogens is 2. The minimum Gasteiger partial charge on any atom is -0.507 e. The lowest BCUT2D eigenvalue weighted by Gasteiger charge is -2.54. The number of aryl methyl sites for hydroxylation is 1. The first-order valence-electron chi connectivity index (χ1n) is 11.2. The molecule has 0 saturated carbocycles. The molecule has 172 valence electrons. The number of carbonyl (C=O) groups excluding carboxylic acids is 1. The van der Waals surface area contributed by atoms with Crippen molar-refractivity contribution in [2.24, 2.45) is 0 Å². The molecule has 8 heteroatoms. The van der Waals surface area contributed by atoms with Gasteiger partial charge in [0.15, 0.2) is 5.82 Å². The van der Waals surface area contributed by atoms with Gasteiger partial charge in [-0.25, -0.2) is 0 Å². The Balaban J connectivity index is 1.47. The summed E-state index contributed by atoms with van der Waals surface area (Å²) in [6.45, 7) is 5.88. The third-order valence-electron chi connectivity index (χ3n) is 6.63. The highest BCUT2D eigenvalue weighted by molar-refractivity contribution is 5.76. The fourth-order valence-corrected chi connectivity index (χ4v) is 5.08. The van der Waals surface area contributed by atoms with Crippen LogP contribution in [0, 0.1) is 0 Å². The van der Waals surface area contributed by atoms with Gasteiger partial charge in [0.25, 0.3) is 0 Å². The molecule has 0 aliphatic carbocycles. The zero-order valence-corrected chi connectivity index (χ0v) is 19.3. The van der Waals surface area contributed by atoms with Crippen LogP contribution < -0.4 is 15.5 Å². The Labute approximate surface area is 189 Å². The van der Waals surface area contributed by atoms with E-state index in [-0.39, 0.29) is 22.7 Å². The van der Waals surface area contributed by atoms with Gasteiger partial charge < -0.3 is 25.4 Å². The molecule has 1 aromatic heterocycles. The van der Waals surface area contributed by atoms with Crippen molar-refractivity contribution in [3.63, 3.8) is 0 Å². The largest absolute Gasteiger partial charge is 0.507 e. The maximum absolute atomic E-state index is 11.4. The molecule has 3 atom stereocenters. The number of aromatic hydroxyl groups is 1. The van der Waals surface area contributed by atoms with E-state index in [0.29, 0.717) is 30.1 Å². The molecular formula is C24H33N5O3. The second-order valence-corrected chi connectivity index (χ2v) is 9.71. The summed E-state index contributed by atoms with van der Waals surface area (Å²) in [4.78, 5) is 13.7. The number of benzene rings is 1. The second-order valence-electron chi connectivity index (χ2n) is 9.71. The topological polar surface area (TPSA) is 99.6 Å². The quantitative estimate of drug-likeness (QED) is 0.635. The summed E-state index contributed by atoms with van der Waals surface area (Å²) in [5.74, 6) is 0.933. The molecule has 2 aliphatic heterocycles. The average molecular weight is 440 g/mol. The normalized spacial score (nSPS) is 27.1. The number of nitrogens with one attached hydrogen (secondary N) is 2. The Morgan fingerprint density at radius 3 is 2.53 bits per heavy atom. The summed E-state index contributed by atoms with van der Waals surface area (Å²) >= 11 is 0. The Hall–Kier alpha value is -2.71. The molecule has 0 spiro atoms. The number of rotatable bonds is 6. The molecule has 32 heavy (non-hydrogen) atoms. The van der Waals surface area contributed by atoms with E-state index in [9.17, 15) is 9.90 Å². The van der Waals surface area contributed by atoms with E-state index in [4.69, 9.17) is 4.74 Å². The molecule has 3 N–H and O–H groups in total. The van der Waals surface area contributed by atoms with Crippen LogP contribution in [0.4, 0.5) is 5.82 Å². The third kappa shape index (κ3) is 4.71. The van der Waals surface area contributed by atoms with Crippen LogP contribution in [0.3, 0.4) is 0 Å². The highest BCUT2D eigenvalue weighted by Gasteiger charge is 2.47. The van der Waals surface area contributed by atoms with E-state index in [1.54, 1.807) is 13.1 Å². The molecule has 3 heterocycles. The SMILES string of the molecule is CNC(=O)CCc1ccc(-c2ccc(N(C)C3C[C@]4(C)COC[C@](C)(C3)N4)nn2)c(O)c1. The molecule has 2 bridgehead atoms. The Morgan fingerprint density at radius 1 is 1.22 bits per heavy atom. The minimum atomic E-state index is -0.0388. The van der Waals surface area contributed by atoms with E-state index in [2.05, 4.69) is 46.6 Å². The predicted molar refractivity (Wildman–Crippen MR) is 124 cm³/mol. The molecular weight excluding hydrogens is 406 g/mol. The van der Waals surface area contributed by atoms with E-state index in [1.165, 1.54) is 0 Å². The number of phenolic OH excluding ortho intramolecular Hbond substituents is 1. The van der Waals surface area contributed by atoms with Crippen LogP contribution in [-0.2, 0) is 16.0 Å². The highest BCUT2D eigenvalue weighted by Crippen LogP contribution is 2.36. The summed E-state index contributed by atoms with van der Waals surface area (Å²) < 4.78 is 5.84. The monoisotopic (exact) mass is 439 g/mol. The zero-order valence-electron chi connectivity index (χ0n) is 19.3. The first-order valence-corrected chi connectivity index (χ1v) is 11.2. The van der Waals surface area contributed by atoms with Gasteiger partial charge in [-0.05, 0) is 62.9 Å². The smallest absolute Gasteiger partial charge is 0.220 e. The number of hydrogen-bond donors (Lipinski definition) is 3. The molecule has 1 unspecified atom stereocenters. The van der Waals surface area contributed by atoms with Crippen molar-refractivity contribution in [3.8, 4) is 17.0 Å². The lowest BCUT2D eigenvalue weighted by Crippen LogP contribution is -2.70. The Morgan fingerprint density at radius 2 is 1.94 bits per heavy atom. The number of fused-ring (bicyclic) bond motifs is 2. The van der Waals surface area contributed by atoms with Crippen molar-refractivity contribution in [3.05, 3.63) is 35.9 Å². The van der Waals surface area contributed by atoms with Gasteiger partial charge in [-0.2, -0.15) is 0 Å². The molecule has 4 rings (SSSR count). The number of phenols is 1. The average Bonchev–Trinajstić information content (AvgIpc) is 2.75. The van der Waals surface area contributed by atoms with Gasteiger partial charge in [0, 0.05) is 43.2 Å². The predicted octanol–water partition coefficient (Wildman–Crippen LogP) is 2.26. The minimum absolute atomic E-state index is 0.0213. The fourth-order valence-electron chi connectivity index (χ4n) is 5.08. The maximum atomic E-state index is 11.4. The van der Waals surface area contributed by atoms with Gasteiger partial charge in [0.2, 0.25) is 5.91 Å². The van der Waals surface area contributed by atoms with Crippen molar-refractivity contribution < 1.29 is 14.6 Å². The highest BCUT2D eigenvalue weighted by atomic mass is 16.5. The number of piperidine rings is 1. The van der Waals surface area contributed by atoms with Crippen LogP contribution in [0.5, 0.6) is 5.75 Å². The van der Waals surface area contributed by atoms with E-state index < -0.39 is 0 Å². The van der Waals surface area contributed by atoms with E-state index in [0.717, 1.165) is 37.4 Å². The lowest BCUT2D eigenvalue weighted by atomic mass is 9.76. The number of hydrogen-bond acceptors (Lipinski definition) is 7. The first-order chi connectivity index (χ1) is 15.2. The Kier molecular flexibility index (Phi) is 6.09. The van der Waals surface area contributed by atoms with Crippen LogP contribution in [0.1, 0.15) is 38.7 Å². The van der Waals surface area contributed by atoms with Crippen molar-refractivity contribution in [1.29, 1.82) is 0 Å². The molecule has 2 saturated heterocycles. The standard InChI is InChI=1S/C24H33N5O3/c1-23-12-17(13-24(2,28-23)15-32-14-23)29(4)21-9-8-19(26-27-21)18-7-5-16(11-20(18)30)6-10-22(31)25-3/h5,7-9,11,17,28,30H,6,10,12-15H2,1-4H3,(H,25,31)/t17?,23-,24+. The number of morpholine rings is 1. The summed E-state index contributed by atoms with van der Waals surface area (Å²) in [5.41, 5.74) is 2.07. The molecule has 8 nitrogen and oxygen atoms in total. The second kappa shape index (κ2) is 8.67. The van der Waals surface area contributed by atoms with Gasteiger partial charge in [-0.15, -0.1) is 10.2 Å². The van der Waals surface area contributed by atoms with E-state index in [1.807, 2.05) is 24.3 Å². The van der Waals surface area contributed by atoms with E-state index >= 15 is 0 Å². The van der Waals surface area contributed by atoms with Crippen LogP contribution in [0.25, 0.3) is 11.3 Å². The van der Waals surface area contributed by atoms with Gasteiger partial charge in [-0.3, -0.25) is 4.79 Å². The number of amides is 1. The van der Waals surface area contributed by atoms with Gasteiger partial charge in [0.05, 0.1) is 18.9 Å². The van der Waals surface area contributed by atoms with Gasteiger partial charge in [0.1, 0.15) is 5.75 Å². The summed E-state index contributed by atoms with van der Waals surface area (Å²) in [6, 6.07) is 9.63. The number of carbonyl (C=O) groups is 1. The van der Waals surface area contributed by atoms with Crippen LogP contribution in [-0.4, -0.2) is 65.6 Å². The Bertz CT molecular complexity index is 964. The van der Waals surface area contributed by atoms with Crippen LogP contribution in [0.2, 0.25) is 0 Å². The van der Waals surface area contributed by atoms with Crippen molar-refractivity contribution >= 4 is 11.7 Å². The molecule has 1 aromatic carbocycles. The molecule has 1 amide bonds. The number of ether oxygens (including phenoxy) is 1.